The molecule has 3 heteroatoms. The van der Waals surface area contributed by atoms with E-state index < -0.39 is 0 Å². The van der Waals surface area contributed by atoms with Crippen LogP contribution in [0.2, 0.25) is 0 Å². The van der Waals surface area contributed by atoms with Crippen LogP contribution >= 0.6 is 11.3 Å². The van der Waals surface area contributed by atoms with E-state index in [0.717, 1.165) is 6.29 Å². The topological polar surface area (TPSA) is 34.1 Å². The molecule has 0 atom stereocenters. The van der Waals surface area contributed by atoms with Crippen LogP contribution in [0.5, 0.6) is 0 Å². The Morgan fingerprint density at radius 1 is 1.46 bits per heavy atom. The van der Waals surface area contributed by atoms with Gasteiger partial charge in [-0.3, -0.25) is 9.59 Å². The molecule has 1 aromatic rings. The van der Waals surface area contributed by atoms with E-state index in [0.29, 0.717) is 10.4 Å². The Morgan fingerprint density at radius 3 is 2.46 bits per heavy atom. The molecule has 1 heterocycles. The Bertz CT molecular complexity index is 331. The monoisotopic (exact) mass is 196 g/mol. The third-order valence-electron chi connectivity index (χ3n) is 1.68. The zero-order valence-corrected chi connectivity index (χ0v) is 8.77. The highest BCUT2D eigenvalue weighted by Gasteiger charge is 2.23. The summed E-state index contributed by atoms with van der Waals surface area (Å²) in [5.74, 6) is 0.0804. The highest BCUT2D eigenvalue weighted by atomic mass is 32.1. The second kappa shape index (κ2) is 3.42. The number of carbonyl (C=O) groups excluding carboxylic acids is 2. The highest BCUT2D eigenvalue weighted by Crippen LogP contribution is 2.23. The summed E-state index contributed by atoms with van der Waals surface area (Å²) in [6.07, 6.45) is 0.768. The van der Waals surface area contributed by atoms with Crippen LogP contribution in [0.4, 0.5) is 0 Å². The van der Waals surface area contributed by atoms with Crippen molar-refractivity contribution < 1.29 is 9.59 Å². The number of carbonyl (C=O) groups is 2. The van der Waals surface area contributed by atoms with E-state index >= 15 is 0 Å². The summed E-state index contributed by atoms with van der Waals surface area (Å²) in [7, 11) is 0. The van der Waals surface area contributed by atoms with Gasteiger partial charge in [-0.05, 0) is 6.07 Å². The number of aldehydes is 1. The first-order valence-corrected chi connectivity index (χ1v) is 4.91. The lowest BCUT2D eigenvalue weighted by Crippen LogP contribution is -2.19. The quantitative estimate of drug-likeness (QED) is 0.538. The van der Waals surface area contributed by atoms with Gasteiger partial charge in [-0.1, -0.05) is 20.8 Å². The van der Waals surface area contributed by atoms with Gasteiger partial charge in [-0.25, -0.2) is 0 Å². The average molecular weight is 196 g/mol. The Morgan fingerprint density at radius 2 is 2.08 bits per heavy atom. The van der Waals surface area contributed by atoms with Crippen molar-refractivity contribution >= 4 is 23.4 Å². The lowest BCUT2D eigenvalue weighted by Gasteiger charge is -2.14. The maximum absolute atomic E-state index is 11.7. The normalized spacial score (nSPS) is 11.3. The molecule has 0 unspecified atom stereocenters. The Balaban J connectivity index is 2.96. The molecule has 0 N–H and O–H groups in total. The van der Waals surface area contributed by atoms with Gasteiger partial charge >= 0.3 is 0 Å². The summed E-state index contributed by atoms with van der Waals surface area (Å²) in [5, 5.41) is 1.73. The minimum Gasteiger partial charge on any atom is -0.297 e. The second-order valence-electron chi connectivity index (χ2n) is 3.93. The van der Waals surface area contributed by atoms with Crippen LogP contribution in [0.15, 0.2) is 11.4 Å². The van der Waals surface area contributed by atoms with Crippen molar-refractivity contribution in [2.45, 2.75) is 20.8 Å². The summed E-state index contributed by atoms with van der Waals surface area (Å²) in [6.45, 7) is 5.61. The molecule has 0 aliphatic carbocycles. The van der Waals surface area contributed by atoms with Crippen molar-refractivity contribution in [2.75, 3.05) is 0 Å². The summed E-state index contributed by atoms with van der Waals surface area (Å²) in [5.41, 5.74) is 0.265. The fourth-order valence-electron chi connectivity index (χ4n) is 0.967. The number of thiophene rings is 1. The standard InChI is InChI=1S/C10H12O2S/c1-10(2,3)9(12)7-4-8(5-11)13-6-7/h4-6H,1-3H3. The fourth-order valence-corrected chi connectivity index (χ4v) is 1.66. The molecular formula is C10H12O2S. The van der Waals surface area contributed by atoms with Gasteiger partial charge in [0.15, 0.2) is 12.1 Å². The van der Waals surface area contributed by atoms with Gasteiger partial charge in [-0.15, -0.1) is 11.3 Å². The molecule has 0 fully saturated rings. The molecule has 1 aromatic heterocycles. The molecule has 0 aliphatic heterocycles. The van der Waals surface area contributed by atoms with E-state index in [1.807, 2.05) is 20.8 Å². The van der Waals surface area contributed by atoms with Gasteiger partial charge in [0, 0.05) is 16.4 Å². The molecule has 2 nitrogen and oxygen atoms in total. The van der Waals surface area contributed by atoms with Crippen LogP contribution in [0.25, 0.3) is 0 Å². The van der Waals surface area contributed by atoms with Gasteiger partial charge in [0.05, 0.1) is 4.88 Å². The average Bonchev–Trinajstić information content (AvgIpc) is 2.48. The van der Waals surface area contributed by atoms with Crippen molar-refractivity contribution in [3.8, 4) is 0 Å². The zero-order valence-electron chi connectivity index (χ0n) is 7.96. The van der Waals surface area contributed by atoms with Crippen LogP contribution in [-0.2, 0) is 0 Å². The predicted molar refractivity (Wildman–Crippen MR) is 53.5 cm³/mol. The first-order chi connectivity index (χ1) is 5.95. The van der Waals surface area contributed by atoms with Crippen LogP contribution in [-0.4, -0.2) is 12.1 Å². The van der Waals surface area contributed by atoms with Crippen LogP contribution in [0, 0.1) is 5.41 Å². The SMILES string of the molecule is CC(C)(C)C(=O)c1csc(C=O)c1. The molecule has 0 saturated carbocycles. The van der Waals surface area contributed by atoms with E-state index in [9.17, 15) is 9.59 Å². The molecule has 1 rings (SSSR count). The third-order valence-corrected chi connectivity index (χ3v) is 2.54. The molecule has 70 valence electrons. The van der Waals surface area contributed by atoms with E-state index in [1.165, 1.54) is 11.3 Å². The van der Waals surface area contributed by atoms with Gasteiger partial charge in [0.2, 0.25) is 0 Å². The first kappa shape index (κ1) is 10.1. The summed E-state index contributed by atoms with van der Waals surface area (Å²) < 4.78 is 0. The molecule has 0 saturated heterocycles. The Hall–Kier alpha value is -0.960. The van der Waals surface area contributed by atoms with E-state index in [4.69, 9.17) is 0 Å². The second-order valence-corrected chi connectivity index (χ2v) is 4.88. The maximum atomic E-state index is 11.7. The molecule has 0 aliphatic rings. The molecule has 0 amide bonds. The number of hydrogen-bond acceptors (Lipinski definition) is 3. The number of Topliss-reactive ketones (excluding diaryl/α,β-unsaturated/α-hetero) is 1. The van der Waals surface area contributed by atoms with Crippen molar-refractivity contribution in [1.29, 1.82) is 0 Å². The van der Waals surface area contributed by atoms with Gasteiger partial charge in [-0.2, -0.15) is 0 Å². The molecular weight excluding hydrogens is 184 g/mol. The number of ketones is 1. The van der Waals surface area contributed by atoms with Gasteiger partial charge < -0.3 is 0 Å². The third kappa shape index (κ3) is 2.25. The molecule has 0 bridgehead atoms. The smallest absolute Gasteiger partial charge is 0.169 e. The summed E-state index contributed by atoms with van der Waals surface area (Å²) in [4.78, 5) is 22.7. The Labute approximate surface area is 81.6 Å². The number of rotatable bonds is 2. The van der Waals surface area contributed by atoms with Crippen LogP contribution in [0.3, 0.4) is 0 Å². The Kier molecular flexibility index (Phi) is 2.66. The van der Waals surface area contributed by atoms with Gasteiger partial charge in [0.25, 0.3) is 0 Å². The lowest BCUT2D eigenvalue weighted by molar-refractivity contribution is 0.0859. The van der Waals surface area contributed by atoms with Crippen molar-refractivity contribution in [1.82, 2.24) is 0 Å². The highest BCUT2D eigenvalue weighted by molar-refractivity contribution is 7.12. The fraction of sp³-hybridized carbons (Fsp3) is 0.400. The van der Waals surface area contributed by atoms with Crippen molar-refractivity contribution in [2.24, 2.45) is 5.41 Å². The van der Waals surface area contributed by atoms with E-state index in [-0.39, 0.29) is 11.2 Å². The minimum absolute atomic E-state index is 0.0804. The zero-order chi connectivity index (χ0) is 10.1. The van der Waals surface area contributed by atoms with E-state index in [2.05, 4.69) is 0 Å². The first-order valence-electron chi connectivity index (χ1n) is 4.03. The lowest BCUT2D eigenvalue weighted by atomic mass is 9.87. The largest absolute Gasteiger partial charge is 0.297 e. The maximum Gasteiger partial charge on any atom is 0.169 e. The molecule has 0 radical (unpaired) electrons. The molecule has 0 spiro atoms. The molecule has 0 aromatic carbocycles. The van der Waals surface area contributed by atoms with E-state index in [1.54, 1.807) is 11.4 Å². The van der Waals surface area contributed by atoms with Crippen molar-refractivity contribution in [3.05, 3.63) is 21.9 Å². The molecule has 13 heavy (non-hydrogen) atoms. The van der Waals surface area contributed by atoms with Crippen LogP contribution < -0.4 is 0 Å². The van der Waals surface area contributed by atoms with Crippen molar-refractivity contribution in [3.63, 3.8) is 0 Å². The predicted octanol–water partition coefficient (Wildman–Crippen LogP) is 2.79. The minimum atomic E-state index is -0.374. The van der Waals surface area contributed by atoms with Crippen LogP contribution in [0.1, 0.15) is 40.8 Å². The van der Waals surface area contributed by atoms with Gasteiger partial charge in [0.1, 0.15) is 0 Å². The number of hydrogen-bond donors (Lipinski definition) is 0. The summed E-state index contributed by atoms with van der Waals surface area (Å²) in [6, 6.07) is 1.64. The summed E-state index contributed by atoms with van der Waals surface area (Å²) >= 11 is 1.31.